The van der Waals surface area contributed by atoms with E-state index in [1.807, 2.05) is 0 Å². The topological polar surface area (TPSA) is 16.8 Å². The number of hydrogen-bond acceptors (Lipinski definition) is 1. The number of nitrogens with zero attached hydrogens (tertiary/aromatic N) is 2. The summed E-state index contributed by atoms with van der Waals surface area (Å²) in [5.74, 6) is 0. The zero-order chi connectivity index (χ0) is 15.9. The monoisotopic (exact) mass is 293 g/mol. The first-order valence-electron chi connectivity index (χ1n) is 8.20. The van der Waals surface area contributed by atoms with Crippen molar-refractivity contribution in [1.82, 2.24) is 4.98 Å². The number of allylic oxidation sites excluding steroid dienone is 1. The molecule has 0 aliphatic carbocycles. The number of aryl methyl sites for hydroxylation is 2. The largest absolute Gasteiger partial charge is 0.258 e. The van der Waals surface area contributed by atoms with E-state index in [1.54, 1.807) is 0 Å². The standard InChI is InChI=1S/C20H25N2/c1-6-20(7-2)13-15(4)22-11-9-8-10-18(22)19-16(5)21-14(3)12-17(19)20/h8-12H,4,6-7,13H2,1-3,5H3/q+1. The van der Waals surface area contributed by atoms with Crippen LogP contribution < -0.4 is 4.57 Å². The maximum absolute atomic E-state index is 4.74. The quantitative estimate of drug-likeness (QED) is 0.740. The van der Waals surface area contributed by atoms with Crippen molar-refractivity contribution in [2.75, 3.05) is 0 Å². The predicted molar refractivity (Wildman–Crippen MR) is 91.5 cm³/mol. The van der Waals surface area contributed by atoms with Gasteiger partial charge in [0.25, 0.3) is 0 Å². The Bertz CT molecular complexity index is 739. The van der Waals surface area contributed by atoms with E-state index in [2.05, 4.69) is 69.3 Å². The normalized spacial score (nSPS) is 15.9. The van der Waals surface area contributed by atoms with Gasteiger partial charge in [0.2, 0.25) is 5.69 Å². The molecular formula is C20H25N2+. The molecule has 0 unspecified atom stereocenters. The smallest absolute Gasteiger partial charge is 0.220 e. The molecule has 0 amide bonds. The Morgan fingerprint density at radius 2 is 1.95 bits per heavy atom. The van der Waals surface area contributed by atoms with Crippen LogP contribution in [0.25, 0.3) is 17.0 Å². The Balaban J connectivity index is 2.44. The van der Waals surface area contributed by atoms with Crippen molar-refractivity contribution < 1.29 is 4.57 Å². The van der Waals surface area contributed by atoms with Crippen molar-refractivity contribution in [1.29, 1.82) is 0 Å². The van der Waals surface area contributed by atoms with Crippen molar-refractivity contribution >= 4 is 5.70 Å². The third-order valence-electron chi connectivity index (χ3n) is 5.25. The zero-order valence-electron chi connectivity index (χ0n) is 14.1. The van der Waals surface area contributed by atoms with Gasteiger partial charge in [0.15, 0.2) is 11.9 Å². The van der Waals surface area contributed by atoms with Gasteiger partial charge in [-0.25, -0.2) is 0 Å². The molecule has 22 heavy (non-hydrogen) atoms. The van der Waals surface area contributed by atoms with Gasteiger partial charge in [0.1, 0.15) is 0 Å². The molecule has 0 spiro atoms. The minimum atomic E-state index is 0.150. The van der Waals surface area contributed by atoms with Crippen molar-refractivity contribution in [3.8, 4) is 11.3 Å². The van der Waals surface area contributed by atoms with E-state index in [1.165, 1.54) is 22.5 Å². The molecule has 0 fully saturated rings. The lowest BCUT2D eigenvalue weighted by Crippen LogP contribution is -2.35. The second-order valence-electron chi connectivity index (χ2n) is 6.46. The van der Waals surface area contributed by atoms with Crippen LogP contribution >= 0.6 is 0 Å². The molecule has 2 heteroatoms. The highest BCUT2D eigenvalue weighted by molar-refractivity contribution is 5.69. The molecule has 114 valence electrons. The van der Waals surface area contributed by atoms with Crippen LogP contribution in [0.3, 0.4) is 0 Å². The SMILES string of the molecule is C=C1CC(CC)(CC)c2cc(C)nc(C)c2-c2cccc[n+]21. The molecule has 2 aromatic rings. The van der Waals surface area contributed by atoms with E-state index in [0.717, 1.165) is 30.7 Å². The second-order valence-corrected chi connectivity index (χ2v) is 6.46. The van der Waals surface area contributed by atoms with Crippen molar-refractivity contribution in [2.24, 2.45) is 0 Å². The van der Waals surface area contributed by atoms with Crippen molar-refractivity contribution in [3.05, 3.63) is 54.0 Å². The van der Waals surface area contributed by atoms with Gasteiger partial charge in [-0.15, -0.1) is 0 Å². The molecule has 1 aliphatic heterocycles. The first-order valence-corrected chi connectivity index (χ1v) is 8.20. The molecular weight excluding hydrogens is 268 g/mol. The van der Waals surface area contributed by atoms with Crippen LogP contribution in [-0.2, 0) is 5.41 Å². The first-order chi connectivity index (χ1) is 10.5. The van der Waals surface area contributed by atoms with Gasteiger partial charge in [-0.05, 0) is 51.0 Å². The fourth-order valence-electron chi connectivity index (χ4n) is 3.94. The molecule has 0 aromatic carbocycles. The summed E-state index contributed by atoms with van der Waals surface area (Å²) in [5.41, 5.74) is 7.52. The summed E-state index contributed by atoms with van der Waals surface area (Å²) in [7, 11) is 0. The van der Waals surface area contributed by atoms with Gasteiger partial charge < -0.3 is 0 Å². The molecule has 0 saturated heterocycles. The third kappa shape index (κ3) is 2.09. The minimum Gasteiger partial charge on any atom is -0.258 e. The molecule has 0 atom stereocenters. The van der Waals surface area contributed by atoms with Crippen LogP contribution in [0.5, 0.6) is 0 Å². The average Bonchev–Trinajstić information content (AvgIpc) is 2.61. The van der Waals surface area contributed by atoms with Crippen LogP contribution in [0.1, 0.15) is 50.1 Å². The third-order valence-corrected chi connectivity index (χ3v) is 5.25. The fraction of sp³-hybridized carbons (Fsp3) is 0.400. The van der Waals surface area contributed by atoms with Crippen molar-refractivity contribution in [3.63, 3.8) is 0 Å². The maximum atomic E-state index is 4.74. The summed E-state index contributed by atoms with van der Waals surface area (Å²) < 4.78 is 2.25. The van der Waals surface area contributed by atoms with Gasteiger partial charge in [-0.2, -0.15) is 4.57 Å². The number of rotatable bonds is 2. The molecule has 2 nitrogen and oxygen atoms in total. The number of hydrogen-bond donors (Lipinski definition) is 0. The Morgan fingerprint density at radius 3 is 2.64 bits per heavy atom. The molecule has 1 aliphatic rings. The first kappa shape index (κ1) is 15.0. The van der Waals surface area contributed by atoms with E-state index in [-0.39, 0.29) is 5.41 Å². The van der Waals surface area contributed by atoms with Gasteiger partial charge in [-0.1, -0.05) is 13.8 Å². The van der Waals surface area contributed by atoms with Crippen molar-refractivity contribution in [2.45, 2.75) is 52.4 Å². The van der Waals surface area contributed by atoms with E-state index in [9.17, 15) is 0 Å². The van der Waals surface area contributed by atoms with Crippen LogP contribution in [0, 0.1) is 13.8 Å². The van der Waals surface area contributed by atoms with Gasteiger partial charge in [0, 0.05) is 29.7 Å². The molecule has 0 saturated carbocycles. The summed E-state index contributed by atoms with van der Waals surface area (Å²) in [6, 6.07) is 8.67. The lowest BCUT2D eigenvalue weighted by molar-refractivity contribution is -0.571. The van der Waals surface area contributed by atoms with Crippen LogP contribution in [0.2, 0.25) is 0 Å². The molecule has 3 rings (SSSR count). The maximum Gasteiger partial charge on any atom is 0.220 e. The van der Waals surface area contributed by atoms with Gasteiger partial charge in [-0.3, -0.25) is 4.98 Å². The Morgan fingerprint density at radius 1 is 1.23 bits per heavy atom. The molecule has 0 bridgehead atoms. The lowest BCUT2D eigenvalue weighted by Gasteiger charge is -2.31. The minimum absolute atomic E-state index is 0.150. The summed E-state index contributed by atoms with van der Waals surface area (Å²) in [4.78, 5) is 4.74. The van der Waals surface area contributed by atoms with Gasteiger partial charge in [0.05, 0.1) is 11.3 Å². The summed E-state index contributed by atoms with van der Waals surface area (Å²) in [5, 5.41) is 0. The van der Waals surface area contributed by atoms with E-state index >= 15 is 0 Å². The van der Waals surface area contributed by atoms with E-state index in [0.29, 0.717) is 0 Å². The Kier molecular flexibility index (Phi) is 3.64. The highest BCUT2D eigenvalue weighted by atomic mass is 15.0. The molecule has 0 N–H and O–H groups in total. The number of aromatic nitrogens is 2. The molecule has 0 radical (unpaired) electrons. The zero-order valence-corrected chi connectivity index (χ0v) is 14.1. The lowest BCUT2D eigenvalue weighted by atomic mass is 9.71. The van der Waals surface area contributed by atoms with E-state index < -0.39 is 0 Å². The van der Waals surface area contributed by atoms with Gasteiger partial charge >= 0.3 is 0 Å². The summed E-state index contributed by atoms with van der Waals surface area (Å²) >= 11 is 0. The van der Waals surface area contributed by atoms with Crippen LogP contribution in [-0.4, -0.2) is 4.98 Å². The predicted octanol–water partition coefficient (Wildman–Crippen LogP) is 4.59. The second kappa shape index (κ2) is 5.35. The Labute approximate surface area is 133 Å². The fourth-order valence-corrected chi connectivity index (χ4v) is 3.94. The summed E-state index contributed by atoms with van der Waals surface area (Å²) in [6.45, 7) is 13.2. The molecule has 3 heterocycles. The Hall–Kier alpha value is -1.96. The average molecular weight is 293 g/mol. The highest BCUT2D eigenvalue weighted by Gasteiger charge is 2.40. The molecule has 2 aromatic heterocycles. The van der Waals surface area contributed by atoms with Crippen LogP contribution in [0.15, 0.2) is 37.0 Å². The van der Waals surface area contributed by atoms with Crippen LogP contribution in [0.4, 0.5) is 0 Å². The highest BCUT2D eigenvalue weighted by Crippen LogP contribution is 2.45. The number of pyridine rings is 2. The number of fused-ring (bicyclic) bond motifs is 3. The summed E-state index contributed by atoms with van der Waals surface area (Å²) in [6.07, 6.45) is 5.36. The van der Waals surface area contributed by atoms with E-state index in [4.69, 9.17) is 4.98 Å².